The van der Waals surface area contributed by atoms with Crippen molar-refractivity contribution in [2.45, 2.75) is 12.6 Å². The molecule has 7 heteroatoms. The summed E-state index contributed by atoms with van der Waals surface area (Å²) in [7, 11) is 5.60. The van der Waals surface area contributed by atoms with Crippen LogP contribution in [-0.4, -0.2) is 38.7 Å². The molecule has 24 heavy (non-hydrogen) atoms. The molecule has 0 bridgehead atoms. The number of amides is 2. The van der Waals surface area contributed by atoms with E-state index in [2.05, 4.69) is 15.5 Å². The highest BCUT2D eigenvalue weighted by atomic mass is 35.5. The van der Waals surface area contributed by atoms with E-state index in [9.17, 15) is 4.79 Å². The standard InChI is InChI=1S/C17H22ClN3O2S/c1-21(2)14(13-6-4-5-7-15(13)23-3)11-20-17(22)19-10-12-8-9-16(18)24-12/h4-9,14H,10-11H2,1-3H3,(H2,19,20,22). The molecule has 2 aromatic rings. The number of benzene rings is 1. The Kier molecular flexibility index (Phi) is 6.90. The van der Waals surface area contributed by atoms with E-state index in [4.69, 9.17) is 16.3 Å². The minimum absolute atomic E-state index is 0.0167. The van der Waals surface area contributed by atoms with Crippen molar-refractivity contribution in [2.24, 2.45) is 0 Å². The number of thiophene rings is 1. The predicted octanol–water partition coefficient (Wildman–Crippen LogP) is 3.51. The number of urea groups is 1. The van der Waals surface area contributed by atoms with Gasteiger partial charge in [0.1, 0.15) is 5.75 Å². The molecule has 2 N–H and O–H groups in total. The van der Waals surface area contributed by atoms with Crippen LogP contribution in [0.1, 0.15) is 16.5 Å². The Hall–Kier alpha value is -1.76. The van der Waals surface area contributed by atoms with Gasteiger partial charge in [-0.1, -0.05) is 29.8 Å². The van der Waals surface area contributed by atoms with Gasteiger partial charge in [-0.15, -0.1) is 11.3 Å². The lowest BCUT2D eigenvalue weighted by Gasteiger charge is -2.26. The maximum Gasteiger partial charge on any atom is 0.315 e. The lowest BCUT2D eigenvalue weighted by molar-refractivity contribution is 0.231. The van der Waals surface area contributed by atoms with Gasteiger partial charge in [0.15, 0.2) is 0 Å². The number of likely N-dealkylation sites (N-methyl/N-ethyl adjacent to an activating group) is 1. The molecule has 0 aliphatic rings. The smallest absolute Gasteiger partial charge is 0.315 e. The zero-order valence-electron chi connectivity index (χ0n) is 14.0. The summed E-state index contributed by atoms with van der Waals surface area (Å²) in [5.41, 5.74) is 1.04. The van der Waals surface area contributed by atoms with E-state index >= 15 is 0 Å². The molecular formula is C17H22ClN3O2S. The fraction of sp³-hybridized carbons (Fsp3) is 0.353. The van der Waals surface area contributed by atoms with Crippen LogP contribution >= 0.6 is 22.9 Å². The summed E-state index contributed by atoms with van der Waals surface area (Å²) in [6, 6.07) is 11.4. The van der Waals surface area contributed by atoms with Crippen molar-refractivity contribution in [1.82, 2.24) is 15.5 Å². The number of hydrogen-bond donors (Lipinski definition) is 2. The topological polar surface area (TPSA) is 53.6 Å². The number of rotatable bonds is 7. The Balaban J connectivity index is 1.92. The Morgan fingerprint density at radius 1 is 1.25 bits per heavy atom. The number of halogens is 1. The Labute approximate surface area is 151 Å². The molecule has 5 nitrogen and oxygen atoms in total. The van der Waals surface area contributed by atoms with Crippen molar-refractivity contribution >= 4 is 29.0 Å². The molecule has 0 spiro atoms. The molecule has 0 aliphatic carbocycles. The molecule has 0 fully saturated rings. The molecule has 1 atom stereocenters. The molecular weight excluding hydrogens is 346 g/mol. The van der Waals surface area contributed by atoms with Crippen molar-refractivity contribution in [3.05, 3.63) is 51.2 Å². The molecule has 1 unspecified atom stereocenters. The summed E-state index contributed by atoms with van der Waals surface area (Å²) in [4.78, 5) is 15.1. The Bertz CT molecular complexity index is 675. The van der Waals surface area contributed by atoms with Gasteiger partial charge in [0, 0.05) is 17.0 Å². The highest BCUT2D eigenvalue weighted by molar-refractivity contribution is 7.16. The zero-order valence-corrected chi connectivity index (χ0v) is 15.6. The van der Waals surface area contributed by atoms with E-state index in [1.165, 1.54) is 11.3 Å². The Morgan fingerprint density at radius 3 is 2.62 bits per heavy atom. The first-order valence-electron chi connectivity index (χ1n) is 7.56. The van der Waals surface area contributed by atoms with Gasteiger partial charge in [-0.3, -0.25) is 0 Å². The number of nitrogens with one attached hydrogen (secondary N) is 2. The fourth-order valence-electron chi connectivity index (χ4n) is 2.38. The summed E-state index contributed by atoms with van der Waals surface area (Å²) >= 11 is 7.34. The summed E-state index contributed by atoms with van der Waals surface area (Å²) in [6.07, 6.45) is 0. The normalized spacial score (nSPS) is 12.0. The van der Waals surface area contributed by atoms with Gasteiger partial charge in [-0.25, -0.2) is 4.79 Å². The highest BCUT2D eigenvalue weighted by Crippen LogP contribution is 2.27. The van der Waals surface area contributed by atoms with Crippen molar-refractivity contribution < 1.29 is 9.53 Å². The lowest BCUT2D eigenvalue weighted by atomic mass is 10.0. The van der Waals surface area contributed by atoms with Gasteiger partial charge in [-0.05, 0) is 32.3 Å². The van der Waals surface area contributed by atoms with Crippen LogP contribution in [0.3, 0.4) is 0 Å². The molecule has 0 saturated heterocycles. The molecule has 1 heterocycles. The fourth-order valence-corrected chi connectivity index (χ4v) is 3.41. The van der Waals surface area contributed by atoms with E-state index < -0.39 is 0 Å². The van der Waals surface area contributed by atoms with Crippen molar-refractivity contribution in [2.75, 3.05) is 27.7 Å². The average molecular weight is 368 g/mol. The molecule has 1 aromatic heterocycles. The molecule has 1 aromatic carbocycles. The van der Waals surface area contributed by atoms with Crippen LogP contribution in [0.5, 0.6) is 5.75 Å². The number of carbonyl (C=O) groups is 1. The number of ether oxygens (including phenoxy) is 1. The molecule has 2 amide bonds. The number of nitrogens with zero attached hydrogens (tertiary/aromatic N) is 1. The molecule has 0 aliphatic heterocycles. The minimum Gasteiger partial charge on any atom is -0.496 e. The first kappa shape index (κ1) is 18.6. The second kappa shape index (κ2) is 8.92. The summed E-state index contributed by atoms with van der Waals surface area (Å²) in [5, 5.41) is 5.75. The number of carbonyl (C=O) groups excluding carboxylic acids is 1. The van der Waals surface area contributed by atoms with Gasteiger partial charge in [0.05, 0.1) is 24.0 Å². The quantitative estimate of drug-likeness (QED) is 0.787. The van der Waals surface area contributed by atoms with Crippen molar-refractivity contribution in [3.8, 4) is 5.75 Å². The van der Waals surface area contributed by atoms with Crippen molar-refractivity contribution in [3.63, 3.8) is 0 Å². The van der Waals surface area contributed by atoms with Crippen LogP contribution in [0, 0.1) is 0 Å². The second-order valence-electron chi connectivity index (χ2n) is 5.49. The van der Waals surface area contributed by atoms with Gasteiger partial charge >= 0.3 is 6.03 Å². The summed E-state index contributed by atoms with van der Waals surface area (Å²) < 4.78 is 6.14. The molecule has 0 radical (unpaired) electrons. The first-order valence-corrected chi connectivity index (χ1v) is 8.76. The van der Waals surface area contributed by atoms with Crippen LogP contribution in [0.2, 0.25) is 4.34 Å². The van der Waals surface area contributed by atoms with E-state index in [1.54, 1.807) is 7.11 Å². The maximum atomic E-state index is 12.0. The zero-order chi connectivity index (χ0) is 17.5. The summed E-state index contributed by atoms with van der Waals surface area (Å²) in [5.74, 6) is 0.812. The minimum atomic E-state index is -0.207. The van der Waals surface area contributed by atoms with Crippen LogP contribution in [0.25, 0.3) is 0 Å². The number of para-hydroxylation sites is 1. The second-order valence-corrected chi connectivity index (χ2v) is 7.29. The molecule has 2 rings (SSSR count). The van der Waals surface area contributed by atoms with Crippen LogP contribution < -0.4 is 15.4 Å². The Morgan fingerprint density at radius 2 is 2.00 bits per heavy atom. The largest absolute Gasteiger partial charge is 0.496 e. The highest BCUT2D eigenvalue weighted by Gasteiger charge is 2.18. The van der Waals surface area contributed by atoms with E-state index in [0.29, 0.717) is 13.1 Å². The van der Waals surface area contributed by atoms with Crippen LogP contribution in [0.4, 0.5) is 4.79 Å². The van der Waals surface area contributed by atoms with Gasteiger partial charge in [-0.2, -0.15) is 0 Å². The van der Waals surface area contributed by atoms with E-state index in [1.807, 2.05) is 50.5 Å². The van der Waals surface area contributed by atoms with Crippen LogP contribution in [-0.2, 0) is 6.54 Å². The van der Waals surface area contributed by atoms with Gasteiger partial charge in [0.25, 0.3) is 0 Å². The average Bonchev–Trinajstić information content (AvgIpc) is 2.98. The van der Waals surface area contributed by atoms with E-state index in [0.717, 1.165) is 20.5 Å². The van der Waals surface area contributed by atoms with E-state index in [-0.39, 0.29) is 12.1 Å². The number of hydrogen-bond acceptors (Lipinski definition) is 4. The monoisotopic (exact) mass is 367 g/mol. The maximum absolute atomic E-state index is 12.0. The van der Waals surface area contributed by atoms with Gasteiger partial charge in [0.2, 0.25) is 0 Å². The molecule has 130 valence electrons. The number of methoxy groups -OCH3 is 1. The third kappa shape index (κ3) is 5.12. The van der Waals surface area contributed by atoms with Crippen LogP contribution in [0.15, 0.2) is 36.4 Å². The molecule has 0 saturated carbocycles. The summed E-state index contributed by atoms with van der Waals surface area (Å²) in [6.45, 7) is 0.939. The third-order valence-electron chi connectivity index (χ3n) is 3.63. The SMILES string of the molecule is COc1ccccc1C(CNC(=O)NCc1ccc(Cl)s1)N(C)C. The first-order chi connectivity index (χ1) is 11.5. The third-order valence-corrected chi connectivity index (χ3v) is 4.86. The van der Waals surface area contributed by atoms with Gasteiger partial charge < -0.3 is 20.3 Å². The lowest BCUT2D eigenvalue weighted by Crippen LogP contribution is -2.40. The predicted molar refractivity (Wildman–Crippen MR) is 99.0 cm³/mol. The van der Waals surface area contributed by atoms with Crippen molar-refractivity contribution in [1.29, 1.82) is 0 Å².